The van der Waals surface area contributed by atoms with E-state index < -0.39 is 32.5 Å². The van der Waals surface area contributed by atoms with E-state index in [1.807, 2.05) is 0 Å². The summed E-state index contributed by atoms with van der Waals surface area (Å²) in [7, 11) is -4.40. The molecule has 0 aliphatic rings. The Bertz CT molecular complexity index is 1350. The fraction of sp³-hybridized carbons (Fsp3) is 0.0556. The summed E-state index contributed by atoms with van der Waals surface area (Å²) in [5.41, 5.74) is -0.0145. The molecule has 0 radical (unpaired) electrons. The summed E-state index contributed by atoms with van der Waals surface area (Å²) in [6, 6.07) is 10.9. The predicted molar refractivity (Wildman–Crippen MR) is 98.4 cm³/mol. The van der Waals surface area contributed by atoms with Crippen LogP contribution in [-0.4, -0.2) is 28.2 Å². The summed E-state index contributed by atoms with van der Waals surface area (Å²) >= 11 is 0. The van der Waals surface area contributed by atoms with E-state index in [0.717, 1.165) is 6.07 Å². The van der Waals surface area contributed by atoms with Gasteiger partial charge in [0, 0.05) is 11.3 Å². The van der Waals surface area contributed by atoms with Crippen LogP contribution >= 0.6 is 0 Å². The second-order valence-corrected chi connectivity index (χ2v) is 7.86. The Morgan fingerprint density at radius 1 is 1.00 bits per heavy atom. The standard InChI is InChI=1S/C18H11F4N5O2S/c19-15-5-4-13(9-14(15)18(20,21)22)30(28,29)26-12-3-1-2-11(8-12)16-6-7-17-24-23-10-27(17)25-16/h1-10,26H. The average Bonchev–Trinajstić information content (AvgIpc) is 3.15. The zero-order valence-electron chi connectivity index (χ0n) is 14.8. The van der Waals surface area contributed by atoms with Crippen LogP contribution in [-0.2, 0) is 16.2 Å². The number of anilines is 1. The molecule has 0 bridgehead atoms. The number of hydrogen-bond acceptors (Lipinski definition) is 5. The van der Waals surface area contributed by atoms with E-state index in [1.165, 1.54) is 23.0 Å². The highest BCUT2D eigenvalue weighted by atomic mass is 32.2. The zero-order chi connectivity index (χ0) is 21.5. The van der Waals surface area contributed by atoms with Gasteiger partial charge < -0.3 is 0 Å². The Morgan fingerprint density at radius 2 is 1.80 bits per heavy atom. The molecule has 0 aliphatic heterocycles. The quantitative estimate of drug-likeness (QED) is 0.491. The van der Waals surface area contributed by atoms with Crippen LogP contribution in [0.2, 0.25) is 0 Å². The van der Waals surface area contributed by atoms with Crippen molar-refractivity contribution in [2.75, 3.05) is 4.72 Å². The van der Waals surface area contributed by atoms with Gasteiger partial charge in [-0.15, -0.1) is 10.2 Å². The van der Waals surface area contributed by atoms with Gasteiger partial charge in [-0.1, -0.05) is 12.1 Å². The van der Waals surface area contributed by atoms with Crippen molar-refractivity contribution in [3.8, 4) is 11.3 Å². The summed E-state index contributed by atoms with van der Waals surface area (Å²) in [6.07, 6.45) is -3.62. The number of sulfonamides is 1. The first-order valence-electron chi connectivity index (χ1n) is 8.30. The van der Waals surface area contributed by atoms with Crippen LogP contribution in [0.25, 0.3) is 16.9 Å². The molecule has 154 valence electrons. The largest absolute Gasteiger partial charge is 0.419 e. The Kier molecular flexibility index (Phi) is 4.65. The van der Waals surface area contributed by atoms with Crippen molar-refractivity contribution in [1.29, 1.82) is 0 Å². The lowest BCUT2D eigenvalue weighted by Crippen LogP contribution is -2.15. The van der Waals surface area contributed by atoms with E-state index in [4.69, 9.17) is 0 Å². The molecule has 4 aromatic rings. The lowest BCUT2D eigenvalue weighted by molar-refractivity contribution is -0.140. The molecule has 0 saturated heterocycles. The van der Waals surface area contributed by atoms with Gasteiger partial charge in [-0.2, -0.15) is 22.8 Å². The van der Waals surface area contributed by atoms with Crippen LogP contribution in [0.5, 0.6) is 0 Å². The van der Waals surface area contributed by atoms with Gasteiger partial charge in [-0.25, -0.2) is 12.8 Å². The van der Waals surface area contributed by atoms with E-state index in [9.17, 15) is 26.0 Å². The van der Waals surface area contributed by atoms with Gasteiger partial charge in [0.15, 0.2) is 5.65 Å². The summed E-state index contributed by atoms with van der Waals surface area (Å²) in [4.78, 5) is -0.717. The van der Waals surface area contributed by atoms with E-state index in [0.29, 0.717) is 23.0 Å². The lowest BCUT2D eigenvalue weighted by Gasteiger charge is -2.12. The topological polar surface area (TPSA) is 89.2 Å². The average molecular weight is 437 g/mol. The Balaban J connectivity index is 1.66. The summed E-state index contributed by atoms with van der Waals surface area (Å²) < 4.78 is 80.9. The second kappa shape index (κ2) is 7.06. The Morgan fingerprint density at radius 3 is 2.57 bits per heavy atom. The van der Waals surface area contributed by atoms with Gasteiger partial charge >= 0.3 is 6.18 Å². The molecule has 2 heterocycles. The Hall–Kier alpha value is -3.54. The molecular weight excluding hydrogens is 426 g/mol. The number of benzene rings is 2. The van der Waals surface area contributed by atoms with E-state index in [1.54, 1.807) is 24.3 Å². The van der Waals surface area contributed by atoms with Crippen molar-refractivity contribution in [2.24, 2.45) is 0 Å². The van der Waals surface area contributed by atoms with Gasteiger partial charge in [0.05, 0.1) is 16.2 Å². The van der Waals surface area contributed by atoms with E-state index in [-0.39, 0.29) is 11.8 Å². The third-order valence-corrected chi connectivity index (χ3v) is 5.50. The molecule has 0 saturated carbocycles. The maximum atomic E-state index is 13.5. The Labute approximate surface area is 167 Å². The molecule has 30 heavy (non-hydrogen) atoms. The number of nitrogens with zero attached hydrogens (tertiary/aromatic N) is 4. The first-order valence-corrected chi connectivity index (χ1v) is 9.79. The molecular formula is C18H11F4N5O2S. The number of nitrogens with one attached hydrogen (secondary N) is 1. The first-order chi connectivity index (χ1) is 14.1. The fourth-order valence-electron chi connectivity index (χ4n) is 2.73. The monoisotopic (exact) mass is 437 g/mol. The van der Waals surface area contributed by atoms with Crippen molar-refractivity contribution in [2.45, 2.75) is 11.1 Å². The molecule has 7 nitrogen and oxygen atoms in total. The van der Waals surface area contributed by atoms with Gasteiger partial charge in [-0.3, -0.25) is 4.72 Å². The molecule has 0 fully saturated rings. The highest BCUT2D eigenvalue weighted by molar-refractivity contribution is 7.92. The smallest absolute Gasteiger partial charge is 0.280 e. The van der Waals surface area contributed by atoms with Gasteiger partial charge in [0.25, 0.3) is 10.0 Å². The maximum absolute atomic E-state index is 13.5. The molecule has 0 spiro atoms. The molecule has 1 N–H and O–H groups in total. The normalized spacial score (nSPS) is 12.3. The highest BCUT2D eigenvalue weighted by Crippen LogP contribution is 2.33. The lowest BCUT2D eigenvalue weighted by atomic mass is 10.1. The molecule has 0 unspecified atom stereocenters. The SMILES string of the molecule is O=S(=O)(Nc1cccc(-c2ccc3nncn3n2)c1)c1ccc(F)c(C(F)(F)F)c1. The van der Waals surface area contributed by atoms with Crippen LogP contribution in [0.15, 0.2) is 65.8 Å². The van der Waals surface area contributed by atoms with Crippen LogP contribution in [0.4, 0.5) is 23.2 Å². The predicted octanol–water partition coefficient (Wildman–Crippen LogP) is 3.75. The van der Waals surface area contributed by atoms with Crippen LogP contribution in [0.3, 0.4) is 0 Å². The number of aromatic nitrogens is 4. The van der Waals surface area contributed by atoms with Crippen molar-refractivity contribution < 1.29 is 26.0 Å². The van der Waals surface area contributed by atoms with Gasteiger partial charge in [0.2, 0.25) is 0 Å². The molecule has 12 heteroatoms. The van der Waals surface area contributed by atoms with E-state index in [2.05, 4.69) is 20.0 Å². The number of fused-ring (bicyclic) bond motifs is 1. The number of hydrogen-bond donors (Lipinski definition) is 1. The fourth-order valence-corrected chi connectivity index (χ4v) is 3.80. The van der Waals surface area contributed by atoms with Gasteiger partial charge in [0.1, 0.15) is 12.1 Å². The molecule has 4 rings (SSSR count). The molecule has 2 aromatic carbocycles. The summed E-state index contributed by atoms with van der Waals surface area (Å²) in [6.45, 7) is 0. The molecule has 0 atom stereocenters. The highest BCUT2D eigenvalue weighted by Gasteiger charge is 2.35. The minimum Gasteiger partial charge on any atom is -0.280 e. The van der Waals surface area contributed by atoms with Crippen LogP contribution in [0.1, 0.15) is 5.56 Å². The van der Waals surface area contributed by atoms with Crippen LogP contribution in [0, 0.1) is 5.82 Å². The van der Waals surface area contributed by atoms with Crippen molar-refractivity contribution >= 4 is 21.4 Å². The van der Waals surface area contributed by atoms with Crippen molar-refractivity contribution in [3.05, 3.63) is 72.3 Å². The number of rotatable bonds is 4. The minimum atomic E-state index is -5.03. The number of halogens is 4. The molecule has 2 aromatic heterocycles. The van der Waals surface area contributed by atoms with Crippen molar-refractivity contribution in [1.82, 2.24) is 19.8 Å². The number of alkyl halides is 3. The summed E-state index contributed by atoms with van der Waals surface area (Å²) in [5.74, 6) is -1.56. The third-order valence-electron chi connectivity index (χ3n) is 4.13. The van der Waals surface area contributed by atoms with Crippen LogP contribution < -0.4 is 4.72 Å². The zero-order valence-corrected chi connectivity index (χ0v) is 15.6. The molecule has 0 aliphatic carbocycles. The minimum absolute atomic E-state index is 0.0936. The molecule has 0 amide bonds. The third kappa shape index (κ3) is 3.81. The van der Waals surface area contributed by atoms with Gasteiger partial charge in [-0.05, 0) is 42.5 Å². The van der Waals surface area contributed by atoms with E-state index >= 15 is 0 Å². The summed E-state index contributed by atoms with van der Waals surface area (Å²) in [5, 5.41) is 11.9. The first kappa shape index (κ1) is 19.8. The maximum Gasteiger partial charge on any atom is 0.419 e. The second-order valence-electron chi connectivity index (χ2n) is 6.18. The van der Waals surface area contributed by atoms with Crippen molar-refractivity contribution in [3.63, 3.8) is 0 Å².